The van der Waals surface area contributed by atoms with Gasteiger partial charge in [-0.2, -0.15) is 16.9 Å². The number of hydrogen-bond acceptors (Lipinski definition) is 3. The van der Waals surface area contributed by atoms with E-state index >= 15 is 0 Å². The van der Waals surface area contributed by atoms with Crippen LogP contribution in [0.5, 0.6) is 0 Å². The van der Waals surface area contributed by atoms with Gasteiger partial charge in [0.25, 0.3) is 0 Å². The maximum Gasteiger partial charge on any atom is 0.0644 e. The monoisotopic (exact) mass is 269 g/mol. The number of hydrogen-bond donors (Lipinski definition) is 1. The molecule has 1 rings (SSSR count). The Morgan fingerprint density at radius 2 is 2.00 bits per heavy atom. The summed E-state index contributed by atoms with van der Waals surface area (Å²) in [5.41, 5.74) is 3.79. The van der Waals surface area contributed by atoms with Crippen LogP contribution in [-0.2, 0) is 7.05 Å². The molecule has 0 saturated carbocycles. The molecule has 0 fully saturated rings. The van der Waals surface area contributed by atoms with Crippen molar-refractivity contribution in [3.63, 3.8) is 0 Å². The first kappa shape index (κ1) is 15.6. The second kappa shape index (κ2) is 7.85. The molecule has 0 spiro atoms. The van der Waals surface area contributed by atoms with E-state index in [1.165, 1.54) is 36.3 Å². The molecule has 1 unspecified atom stereocenters. The Balaban J connectivity index is 2.34. The minimum atomic E-state index is 0.402. The van der Waals surface area contributed by atoms with Gasteiger partial charge in [-0.25, -0.2) is 0 Å². The maximum atomic E-state index is 4.47. The number of rotatable bonds is 8. The first-order chi connectivity index (χ1) is 8.57. The van der Waals surface area contributed by atoms with Crippen LogP contribution in [0.15, 0.2) is 0 Å². The summed E-state index contributed by atoms with van der Waals surface area (Å²) in [4.78, 5) is 0. The molecular formula is C14H27N3S. The molecule has 0 aliphatic carbocycles. The lowest BCUT2D eigenvalue weighted by Crippen LogP contribution is -2.21. The number of aromatic nitrogens is 2. The number of unbranched alkanes of at least 4 members (excludes halogenated alkanes) is 2. The van der Waals surface area contributed by atoms with Gasteiger partial charge < -0.3 is 5.32 Å². The van der Waals surface area contributed by atoms with Crippen LogP contribution in [0.4, 0.5) is 0 Å². The fraction of sp³-hybridized carbons (Fsp3) is 0.786. The molecule has 3 nitrogen and oxygen atoms in total. The predicted octanol–water partition coefficient (Wildman–Crippen LogP) is 3.22. The lowest BCUT2D eigenvalue weighted by Gasteiger charge is -2.14. The maximum absolute atomic E-state index is 4.47. The summed E-state index contributed by atoms with van der Waals surface area (Å²) in [7, 11) is 2.01. The number of nitrogens with one attached hydrogen (secondary N) is 1. The van der Waals surface area contributed by atoms with Gasteiger partial charge in [0.05, 0.1) is 5.69 Å². The van der Waals surface area contributed by atoms with Crippen LogP contribution in [0.1, 0.15) is 49.2 Å². The van der Waals surface area contributed by atoms with Gasteiger partial charge in [-0.05, 0) is 52.2 Å². The van der Waals surface area contributed by atoms with Gasteiger partial charge in [0.2, 0.25) is 0 Å². The Labute approximate surface area is 116 Å². The standard InChI is InChI=1S/C14H27N3S/c1-11(15-9-7-6-8-10-18-5)14-12(2)16-17(4)13(14)3/h11,15H,6-10H2,1-5H3. The van der Waals surface area contributed by atoms with Crippen molar-refractivity contribution in [2.24, 2.45) is 7.05 Å². The van der Waals surface area contributed by atoms with E-state index in [1.54, 1.807) is 0 Å². The van der Waals surface area contributed by atoms with Crippen molar-refractivity contribution < 1.29 is 0 Å². The number of aryl methyl sites for hydroxylation is 2. The van der Waals surface area contributed by atoms with Crippen LogP contribution in [0.3, 0.4) is 0 Å². The van der Waals surface area contributed by atoms with Crippen LogP contribution in [0, 0.1) is 13.8 Å². The molecule has 0 aromatic carbocycles. The minimum absolute atomic E-state index is 0.402. The third kappa shape index (κ3) is 4.32. The van der Waals surface area contributed by atoms with E-state index < -0.39 is 0 Å². The minimum Gasteiger partial charge on any atom is -0.310 e. The van der Waals surface area contributed by atoms with Crippen molar-refractivity contribution >= 4 is 11.8 Å². The second-order valence-corrected chi connectivity index (χ2v) is 5.92. The van der Waals surface area contributed by atoms with Gasteiger partial charge in [-0.1, -0.05) is 6.42 Å². The lowest BCUT2D eigenvalue weighted by molar-refractivity contribution is 0.540. The predicted molar refractivity (Wildman–Crippen MR) is 81.3 cm³/mol. The van der Waals surface area contributed by atoms with Gasteiger partial charge in [0.1, 0.15) is 0 Å². The highest BCUT2D eigenvalue weighted by Gasteiger charge is 2.15. The first-order valence-electron chi connectivity index (χ1n) is 6.80. The number of thioether (sulfide) groups is 1. The summed E-state index contributed by atoms with van der Waals surface area (Å²) in [6, 6.07) is 0.402. The largest absolute Gasteiger partial charge is 0.310 e. The fourth-order valence-electron chi connectivity index (χ4n) is 2.39. The Morgan fingerprint density at radius 3 is 2.56 bits per heavy atom. The zero-order chi connectivity index (χ0) is 13.5. The second-order valence-electron chi connectivity index (χ2n) is 4.94. The van der Waals surface area contributed by atoms with Crippen LogP contribution in [0.2, 0.25) is 0 Å². The molecule has 1 atom stereocenters. The molecule has 0 saturated heterocycles. The van der Waals surface area contributed by atoms with Crippen molar-refractivity contribution in [2.45, 2.75) is 46.1 Å². The highest BCUT2D eigenvalue weighted by molar-refractivity contribution is 7.98. The van der Waals surface area contributed by atoms with E-state index in [0.717, 1.165) is 12.2 Å². The average molecular weight is 269 g/mol. The Morgan fingerprint density at radius 1 is 1.28 bits per heavy atom. The molecule has 104 valence electrons. The first-order valence-corrected chi connectivity index (χ1v) is 8.19. The topological polar surface area (TPSA) is 29.9 Å². The van der Waals surface area contributed by atoms with Gasteiger partial charge in [0, 0.05) is 24.3 Å². The van der Waals surface area contributed by atoms with Gasteiger partial charge >= 0.3 is 0 Å². The Kier molecular flexibility index (Phi) is 6.79. The van der Waals surface area contributed by atoms with E-state index in [0.29, 0.717) is 6.04 Å². The third-order valence-corrected chi connectivity index (χ3v) is 4.17. The summed E-state index contributed by atoms with van der Waals surface area (Å²) in [5, 5.41) is 8.09. The SMILES string of the molecule is CSCCCCCNC(C)c1c(C)nn(C)c1C. The molecule has 1 aromatic heterocycles. The highest BCUT2D eigenvalue weighted by Crippen LogP contribution is 2.20. The summed E-state index contributed by atoms with van der Waals surface area (Å²) < 4.78 is 1.97. The molecule has 1 heterocycles. The van der Waals surface area contributed by atoms with Crippen LogP contribution in [0.25, 0.3) is 0 Å². The smallest absolute Gasteiger partial charge is 0.0644 e. The molecule has 1 N–H and O–H groups in total. The highest BCUT2D eigenvalue weighted by atomic mass is 32.2. The van der Waals surface area contributed by atoms with Crippen molar-refractivity contribution in [3.8, 4) is 0 Å². The van der Waals surface area contributed by atoms with Crippen molar-refractivity contribution in [3.05, 3.63) is 17.0 Å². The average Bonchev–Trinajstić information content (AvgIpc) is 2.58. The fourth-order valence-corrected chi connectivity index (χ4v) is 2.88. The summed E-state index contributed by atoms with van der Waals surface area (Å²) in [6.45, 7) is 7.58. The molecule has 0 radical (unpaired) electrons. The normalized spacial score (nSPS) is 12.9. The molecule has 0 bridgehead atoms. The number of nitrogens with zero attached hydrogens (tertiary/aromatic N) is 2. The van der Waals surface area contributed by atoms with Crippen molar-refractivity contribution in [1.29, 1.82) is 0 Å². The molecule has 1 aromatic rings. The summed E-state index contributed by atoms with van der Waals surface area (Å²) in [6.07, 6.45) is 6.10. The quantitative estimate of drug-likeness (QED) is 0.735. The lowest BCUT2D eigenvalue weighted by atomic mass is 10.1. The van der Waals surface area contributed by atoms with Crippen LogP contribution in [-0.4, -0.2) is 28.3 Å². The summed E-state index contributed by atoms with van der Waals surface area (Å²) >= 11 is 1.94. The molecule has 0 aliphatic rings. The van der Waals surface area contributed by atoms with Crippen LogP contribution >= 0.6 is 11.8 Å². The molecule has 0 aliphatic heterocycles. The van der Waals surface area contributed by atoms with E-state index in [1.807, 2.05) is 23.5 Å². The zero-order valence-corrected chi connectivity index (χ0v) is 13.2. The van der Waals surface area contributed by atoms with Crippen LogP contribution < -0.4 is 5.32 Å². The molecular weight excluding hydrogens is 242 g/mol. The van der Waals surface area contributed by atoms with Gasteiger partial charge in [-0.3, -0.25) is 4.68 Å². The van der Waals surface area contributed by atoms with Crippen molar-refractivity contribution in [1.82, 2.24) is 15.1 Å². The van der Waals surface area contributed by atoms with E-state index in [4.69, 9.17) is 0 Å². The van der Waals surface area contributed by atoms with E-state index in [-0.39, 0.29) is 0 Å². The van der Waals surface area contributed by atoms with E-state index in [9.17, 15) is 0 Å². The molecule has 18 heavy (non-hydrogen) atoms. The molecule has 4 heteroatoms. The Bertz CT molecular complexity index is 360. The van der Waals surface area contributed by atoms with E-state index in [2.05, 4.69) is 37.4 Å². The Hall–Kier alpha value is -0.480. The van der Waals surface area contributed by atoms with Crippen molar-refractivity contribution in [2.75, 3.05) is 18.6 Å². The molecule has 0 amide bonds. The zero-order valence-electron chi connectivity index (χ0n) is 12.4. The van der Waals surface area contributed by atoms with Gasteiger partial charge in [-0.15, -0.1) is 0 Å². The summed E-state index contributed by atoms with van der Waals surface area (Å²) in [5.74, 6) is 1.29. The third-order valence-electron chi connectivity index (χ3n) is 3.47. The van der Waals surface area contributed by atoms with Gasteiger partial charge in [0.15, 0.2) is 0 Å².